The van der Waals surface area contributed by atoms with Gasteiger partial charge in [0.15, 0.2) is 0 Å². The van der Waals surface area contributed by atoms with E-state index in [4.69, 9.17) is 9.84 Å². The number of carboxylic acids is 1. The normalized spacial score (nSPS) is 18.4. The van der Waals surface area contributed by atoms with Crippen LogP contribution in [0.15, 0.2) is 0 Å². The standard InChI is InChI=1S/C13H25N3O4/c1-15-6-4-7-16(9-8-15)13(19)14-11(12(17)18)5-3-10-20-2/h11H,3-10H2,1-2H3,(H,14,19)(H,17,18). The molecule has 0 aromatic carbocycles. The van der Waals surface area contributed by atoms with Gasteiger partial charge in [0, 0.05) is 33.4 Å². The number of ether oxygens (including phenoxy) is 1. The molecule has 1 rings (SSSR count). The van der Waals surface area contributed by atoms with Gasteiger partial charge >= 0.3 is 12.0 Å². The summed E-state index contributed by atoms with van der Waals surface area (Å²) < 4.78 is 4.90. The molecule has 7 nitrogen and oxygen atoms in total. The Morgan fingerprint density at radius 1 is 1.30 bits per heavy atom. The molecule has 0 radical (unpaired) electrons. The van der Waals surface area contributed by atoms with Crippen molar-refractivity contribution >= 4 is 12.0 Å². The third-order valence-electron chi connectivity index (χ3n) is 3.44. The molecular weight excluding hydrogens is 262 g/mol. The molecule has 1 unspecified atom stereocenters. The summed E-state index contributed by atoms with van der Waals surface area (Å²) in [6.45, 7) is 3.57. The molecule has 1 heterocycles. The van der Waals surface area contributed by atoms with Crippen LogP contribution in [-0.4, -0.2) is 79.9 Å². The van der Waals surface area contributed by atoms with Crippen molar-refractivity contribution in [3.05, 3.63) is 0 Å². The largest absolute Gasteiger partial charge is 0.480 e. The lowest BCUT2D eigenvalue weighted by Gasteiger charge is -2.23. The van der Waals surface area contributed by atoms with Crippen LogP contribution in [0.1, 0.15) is 19.3 Å². The number of amides is 2. The summed E-state index contributed by atoms with van der Waals surface area (Å²) in [5.74, 6) is -0.999. The van der Waals surface area contributed by atoms with E-state index in [1.807, 2.05) is 7.05 Å². The van der Waals surface area contributed by atoms with Gasteiger partial charge in [-0.15, -0.1) is 0 Å². The molecule has 1 aliphatic heterocycles. The summed E-state index contributed by atoms with van der Waals surface area (Å²) in [5, 5.41) is 11.7. The Kier molecular flexibility index (Phi) is 7.32. The van der Waals surface area contributed by atoms with Crippen LogP contribution in [0.3, 0.4) is 0 Å². The molecule has 1 aliphatic rings. The fourth-order valence-corrected chi connectivity index (χ4v) is 2.18. The second-order valence-corrected chi connectivity index (χ2v) is 5.12. The van der Waals surface area contributed by atoms with Crippen LogP contribution in [0, 0.1) is 0 Å². The molecule has 1 saturated heterocycles. The third-order valence-corrected chi connectivity index (χ3v) is 3.44. The highest BCUT2D eigenvalue weighted by atomic mass is 16.5. The first-order valence-electron chi connectivity index (χ1n) is 7.00. The Balaban J connectivity index is 2.45. The van der Waals surface area contributed by atoms with Crippen LogP contribution in [0.25, 0.3) is 0 Å². The van der Waals surface area contributed by atoms with Crippen LogP contribution in [-0.2, 0) is 9.53 Å². The average Bonchev–Trinajstić information content (AvgIpc) is 2.62. The Labute approximate surface area is 119 Å². The Bertz CT molecular complexity index is 325. The zero-order valence-corrected chi connectivity index (χ0v) is 12.3. The van der Waals surface area contributed by atoms with Crippen LogP contribution < -0.4 is 5.32 Å². The number of aliphatic carboxylic acids is 1. The summed E-state index contributed by atoms with van der Waals surface area (Å²) in [7, 11) is 3.59. The van der Waals surface area contributed by atoms with Crippen molar-refractivity contribution in [1.82, 2.24) is 15.1 Å². The molecule has 2 amide bonds. The molecule has 7 heteroatoms. The minimum atomic E-state index is -0.999. The van der Waals surface area contributed by atoms with Crippen LogP contribution in [0.2, 0.25) is 0 Å². The van der Waals surface area contributed by atoms with Gasteiger partial charge in [-0.05, 0) is 32.9 Å². The summed E-state index contributed by atoms with van der Waals surface area (Å²) in [4.78, 5) is 27.1. The lowest BCUT2D eigenvalue weighted by molar-refractivity contribution is -0.139. The number of urea groups is 1. The molecule has 1 fully saturated rings. The van der Waals surface area contributed by atoms with Crippen LogP contribution in [0.4, 0.5) is 4.79 Å². The molecule has 0 spiro atoms. The van der Waals surface area contributed by atoms with Crippen molar-refractivity contribution in [2.75, 3.05) is 46.9 Å². The van der Waals surface area contributed by atoms with E-state index in [0.29, 0.717) is 32.5 Å². The first-order valence-corrected chi connectivity index (χ1v) is 7.00. The maximum absolute atomic E-state index is 12.1. The molecule has 116 valence electrons. The van der Waals surface area contributed by atoms with E-state index in [9.17, 15) is 9.59 Å². The predicted octanol–water partition coefficient (Wildman–Crippen LogP) is 0.213. The smallest absolute Gasteiger partial charge is 0.326 e. The second kappa shape index (κ2) is 8.76. The molecule has 2 N–H and O–H groups in total. The van der Waals surface area contributed by atoms with Crippen molar-refractivity contribution in [3.63, 3.8) is 0 Å². The molecule has 0 aromatic heterocycles. The monoisotopic (exact) mass is 287 g/mol. The minimum Gasteiger partial charge on any atom is -0.480 e. The van der Waals surface area contributed by atoms with Gasteiger partial charge in [0.2, 0.25) is 0 Å². The minimum absolute atomic E-state index is 0.287. The summed E-state index contributed by atoms with van der Waals surface area (Å²) >= 11 is 0. The molecule has 0 aromatic rings. The molecule has 0 saturated carbocycles. The van der Waals surface area contributed by atoms with Gasteiger partial charge in [-0.3, -0.25) is 0 Å². The van der Waals surface area contributed by atoms with E-state index in [1.165, 1.54) is 0 Å². The Morgan fingerprint density at radius 2 is 2.05 bits per heavy atom. The van der Waals surface area contributed by atoms with Crippen LogP contribution in [0.5, 0.6) is 0 Å². The van der Waals surface area contributed by atoms with Gasteiger partial charge in [0.05, 0.1) is 0 Å². The van der Waals surface area contributed by atoms with Crippen molar-refractivity contribution in [1.29, 1.82) is 0 Å². The number of hydrogen-bond acceptors (Lipinski definition) is 4. The van der Waals surface area contributed by atoms with Gasteiger partial charge < -0.3 is 25.0 Å². The van der Waals surface area contributed by atoms with E-state index in [2.05, 4.69) is 10.2 Å². The highest BCUT2D eigenvalue weighted by Crippen LogP contribution is 2.04. The maximum Gasteiger partial charge on any atom is 0.326 e. The highest BCUT2D eigenvalue weighted by molar-refractivity contribution is 5.82. The van der Waals surface area contributed by atoms with E-state index >= 15 is 0 Å². The number of carbonyl (C=O) groups is 2. The second-order valence-electron chi connectivity index (χ2n) is 5.12. The van der Waals surface area contributed by atoms with Crippen molar-refractivity contribution in [2.45, 2.75) is 25.3 Å². The number of carbonyl (C=O) groups excluding carboxylic acids is 1. The Hall–Kier alpha value is -1.34. The molecular formula is C13H25N3O4. The lowest BCUT2D eigenvalue weighted by atomic mass is 10.1. The zero-order chi connectivity index (χ0) is 15.0. The van der Waals surface area contributed by atoms with Gasteiger partial charge in [0.25, 0.3) is 0 Å². The number of carboxylic acid groups (broad SMARTS) is 1. The van der Waals surface area contributed by atoms with Gasteiger partial charge in [-0.1, -0.05) is 0 Å². The molecule has 1 atom stereocenters. The maximum atomic E-state index is 12.1. The average molecular weight is 287 g/mol. The number of nitrogens with zero attached hydrogens (tertiary/aromatic N) is 2. The number of hydrogen-bond donors (Lipinski definition) is 2. The summed E-state index contributed by atoms with van der Waals surface area (Å²) in [5.41, 5.74) is 0. The Morgan fingerprint density at radius 3 is 2.70 bits per heavy atom. The third kappa shape index (κ3) is 5.75. The first-order chi connectivity index (χ1) is 9.54. The fourth-order valence-electron chi connectivity index (χ4n) is 2.18. The van der Waals surface area contributed by atoms with Gasteiger partial charge in [-0.2, -0.15) is 0 Å². The fraction of sp³-hybridized carbons (Fsp3) is 0.846. The molecule has 20 heavy (non-hydrogen) atoms. The summed E-state index contributed by atoms with van der Waals surface area (Å²) in [6.07, 6.45) is 1.89. The van der Waals surface area contributed by atoms with Crippen molar-refractivity contribution in [3.8, 4) is 0 Å². The predicted molar refractivity (Wildman–Crippen MR) is 74.8 cm³/mol. The van der Waals surface area contributed by atoms with Gasteiger partial charge in [0.1, 0.15) is 6.04 Å². The molecule has 0 aliphatic carbocycles. The summed E-state index contributed by atoms with van der Waals surface area (Å²) in [6, 6.07) is -1.14. The van der Waals surface area contributed by atoms with E-state index in [0.717, 1.165) is 19.5 Å². The van der Waals surface area contributed by atoms with E-state index in [1.54, 1.807) is 12.0 Å². The topological polar surface area (TPSA) is 82.1 Å². The lowest BCUT2D eigenvalue weighted by Crippen LogP contribution is -2.48. The molecule has 0 bridgehead atoms. The SMILES string of the molecule is COCCCC(NC(=O)N1CCCN(C)CC1)C(=O)O. The van der Waals surface area contributed by atoms with Crippen LogP contribution >= 0.6 is 0 Å². The van der Waals surface area contributed by atoms with Crippen molar-refractivity contribution in [2.24, 2.45) is 0 Å². The number of rotatable bonds is 6. The zero-order valence-electron chi connectivity index (χ0n) is 12.3. The van der Waals surface area contributed by atoms with Crippen molar-refractivity contribution < 1.29 is 19.4 Å². The van der Waals surface area contributed by atoms with E-state index in [-0.39, 0.29) is 6.03 Å². The first kappa shape index (κ1) is 16.7. The quantitative estimate of drug-likeness (QED) is 0.683. The highest BCUT2D eigenvalue weighted by Gasteiger charge is 2.23. The number of likely N-dealkylation sites (N-methyl/N-ethyl adjacent to an activating group) is 1. The van der Waals surface area contributed by atoms with E-state index < -0.39 is 12.0 Å². The van der Waals surface area contributed by atoms with Gasteiger partial charge in [-0.25, -0.2) is 9.59 Å². The number of methoxy groups -OCH3 is 1. The number of nitrogens with one attached hydrogen (secondary N) is 1.